The normalized spacial score (nSPS) is 15.3. The minimum atomic E-state index is 0.00398. The number of hydrogen-bond donors (Lipinski definition) is 0. The van der Waals surface area contributed by atoms with Crippen molar-refractivity contribution in [2.24, 2.45) is 0 Å². The molecule has 0 atom stereocenters. The van der Waals surface area contributed by atoms with Gasteiger partial charge >= 0.3 is 0 Å². The van der Waals surface area contributed by atoms with E-state index in [0.29, 0.717) is 37.6 Å². The van der Waals surface area contributed by atoms with E-state index < -0.39 is 0 Å². The van der Waals surface area contributed by atoms with Gasteiger partial charge in [-0.1, -0.05) is 11.6 Å². The van der Waals surface area contributed by atoms with E-state index in [2.05, 4.69) is 10.2 Å². The zero-order valence-corrected chi connectivity index (χ0v) is 11.3. The van der Waals surface area contributed by atoms with Crippen LogP contribution in [0.25, 0.3) is 5.69 Å². The summed E-state index contributed by atoms with van der Waals surface area (Å²) in [5.74, 6) is 0.00398. The molecule has 0 bridgehead atoms. The van der Waals surface area contributed by atoms with Crippen molar-refractivity contribution in [1.82, 2.24) is 19.9 Å². The van der Waals surface area contributed by atoms with E-state index in [-0.39, 0.29) is 5.91 Å². The summed E-state index contributed by atoms with van der Waals surface area (Å²) in [6.45, 7) is 4.40. The quantitative estimate of drug-likeness (QED) is 0.820. The van der Waals surface area contributed by atoms with E-state index in [4.69, 9.17) is 4.74 Å². The number of carbonyl (C=O) groups is 1. The molecule has 104 valence electrons. The lowest BCUT2D eigenvalue weighted by molar-refractivity contribution is 0.0302. The number of rotatable bonds is 2. The van der Waals surface area contributed by atoms with Gasteiger partial charge in [0.2, 0.25) is 0 Å². The first kappa shape index (κ1) is 12.8. The number of aromatic nitrogens is 3. The maximum Gasteiger partial charge on any atom is 0.256 e. The number of carbonyl (C=O) groups excluding carboxylic acids is 1. The van der Waals surface area contributed by atoms with Crippen molar-refractivity contribution in [3.05, 3.63) is 41.7 Å². The number of amides is 1. The fraction of sp³-hybridized carbons (Fsp3) is 0.357. The zero-order valence-electron chi connectivity index (χ0n) is 11.3. The summed E-state index contributed by atoms with van der Waals surface area (Å²) in [7, 11) is 0. The standard InChI is InChI=1S/C14H16N4O2/c1-11-2-3-13(18-15-4-5-16-18)12(10-11)14(19)17-6-8-20-9-7-17/h2-5,10H,6-9H2,1H3. The van der Waals surface area contributed by atoms with Crippen molar-refractivity contribution >= 4 is 5.91 Å². The number of ether oxygens (including phenoxy) is 1. The van der Waals surface area contributed by atoms with Gasteiger partial charge in [-0.05, 0) is 19.1 Å². The Balaban J connectivity index is 1.98. The first-order chi connectivity index (χ1) is 9.75. The molecule has 0 N–H and O–H groups in total. The zero-order chi connectivity index (χ0) is 13.9. The molecule has 0 spiro atoms. The second-order valence-corrected chi connectivity index (χ2v) is 4.74. The summed E-state index contributed by atoms with van der Waals surface area (Å²) >= 11 is 0. The highest BCUT2D eigenvalue weighted by atomic mass is 16.5. The van der Waals surface area contributed by atoms with Crippen LogP contribution >= 0.6 is 0 Å². The van der Waals surface area contributed by atoms with Gasteiger partial charge in [0, 0.05) is 13.1 Å². The second kappa shape index (κ2) is 5.42. The Morgan fingerprint density at radius 2 is 1.90 bits per heavy atom. The fourth-order valence-electron chi connectivity index (χ4n) is 2.27. The highest BCUT2D eigenvalue weighted by Gasteiger charge is 2.22. The Hall–Kier alpha value is -2.21. The highest BCUT2D eigenvalue weighted by Crippen LogP contribution is 2.18. The van der Waals surface area contributed by atoms with Crippen LogP contribution in [0.1, 0.15) is 15.9 Å². The third-order valence-corrected chi connectivity index (χ3v) is 3.31. The first-order valence-electron chi connectivity index (χ1n) is 6.60. The summed E-state index contributed by atoms with van der Waals surface area (Å²) in [6.07, 6.45) is 3.20. The molecule has 0 aliphatic carbocycles. The van der Waals surface area contributed by atoms with Crippen molar-refractivity contribution in [1.29, 1.82) is 0 Å². The smallest absolute Gasteiger partial charge is 0.256 e. The minimum absolute atomic E-state index is 0.00398. The molecular formula is C14H16N4O2. The fourth-order valence-corrected chi connectivity index (χ4v) is 2.27. The molecule has 2 heterocycles. The van der Waals surface area contributed by atoms with Gasteiger partial charge in [0.15, 0.2) is 0 Å². The van der Waals surface area contributed by atoms with Gasteiger partial charge in [0.1, 0.15) is 0 Å². The maximum atomic E-state index is 12.7. The first-order valence-corrected chi connectivity index (χ1v) is 6.60. The van der Waals surface area contributed by atoms with Crippen LogP contribution in [0.2, 0.25) is 0 Å². The lowest BCUT2D eigenvalue weighted by Gasteiger charge is -2.27. The number of nitrogens with zero attached hydrogens (tertiary/aromatic N) is 4. The SMILES string of the molecule is Cc1ccc(-n2nccn2)c(C(=O)N2CCOCC2)c1. The topological polar surface area (TPSA) is 60.2 Å². The molecule has 6 heteroatoms. The van der Waals surface area contributed by atoms with Crippen LogP contribution in [0.3, 0.4) is 0 Å². The predicted molar refractivity (Wildman–Crippen MR) is 72.8 cm³/mol. The van der Waals surface area contributed by atoms with Crippen LogP contribution in [0.15, 0.2) is 30.6 Å². The summed E-state index contributed by atoms with van der Waals surface area (Å²) < 4.78 is 5.29. The van der Waals surface area contributed by atoms with Crippen LogP contribution in [-0.4, -0.2) is 52.1 Å². The van der Waals surface area contributed by atoms with E-state index in [1.807, 2.05) is 30.0 Å². The molecular weight excluding hydrogens is 256 g/mol. The van der Waals surface area contributed by atoms with Crippen LogP contribution in [-0.2, 0) is 4.74 Å². The third kappa shape index (κ3) is 2.42. The molecule has 1 amide bonds. The van der Waals surface area contributed by atoms with E-state index in [1.165, 1.54) is 4.80 Å². The number of morpholine rings is 1. The second-order valence-electron chi connectivity index (χ2n) is 4.74. The van der Waals surface area contributed by atoms with Gasteiger partial charge in [-0.15, -0.1) is 0 Å². The van der Waals surface area contributed by atoms with Crippen LogP contribution in [0, 0.1) is 6.92 Å². The molecule has 0 radical (unpaired) electrons. The van der Waals surface area contributed by atoms with Gasteiger partial charge in [-0.25, -0.2) is 0 Å². The van der Waals surface area contributed by atoms with Crippen molar-refractivity contribution in [2.45, 2.75) is 6.92 Å². The van der Waals surface area contributed by atoms with Crippen molar-refractivity contribution in [3.63, 3.8) is 0 Å². The van der Waals surface area contributed by atoms with Gasteiger partial charge in [-0.2, -0.15) is 15.0 Å². The lowest BCUT2D eigenvalue weighted by Crippen LogP contribution is -2.41. The highest BCUT2D eigenvalue weighted by molar-refractivity contribution is 5.98. The Kier molecular flexibility index (Phi) is 3.47. The Morgan fingerprint density at radius 1 is 1.20 bits per heavy atom. The summed E-state index contributed by atoms with van der Waals surface area (Å²) in [5, 5.41) is 8.23. The van der Waals surface area contributed by atoms with Crippen LogP contribution < -0.4 is 0 Å². The molecule has 1 aliphatic rings. The molecule has 1 aromatic heterocycles. The molecule has 20 heavy (non-hydrogen) atoms. The molecule has 1 fully saturated rings. The molecule has 3 rings (SSSR count). The van der Waals surface area contributed by atoms with E-state index >= 15 is 0 Å². The van der Waals surface area contributed by atoms with Crippen molar-refractivity contribution in [2.75, 3.05) is 26.3 Å². The number of aryl methyl sites for hydroxylation is 1. The summed E-state index contributed by atoms with van der Waals surface area (Å²) in [4.78, 5) is 16.0. The Morgan fingerprint density at radius 3 is 2.60 bits per heavy atom. The molecule has 1 saturated heterocycles. The van der Waals surface area contributed by atoms with Gasteiger partial charge in [0.05, 0.1) is 36.9 Å². The van der Waals surface area contributed by atoms with E-state index in [0.717, 1.165) is 5.56 Å². The summed E-state index contributed by atoms with van der Waals surface area (Å²) in [6, 6.07) is 5.72. The minimum Gasteiger partial charge on any atom is -0.378 e. The van der Waals surface area contributed by atoms with Gasteiger partial charge in [-0.3, -0.25) is 4.79 Å². The van der Waals surface area contributed by atoms with Crippen LogP contribution in [0.5, 0.6) is 0 Å². The molecule has 6 nitrogen and oxygen atoms in total. The largest absolute Gasteiger partial charge is 0.378 e. The van der Waals surface area contributed by atoms with Crippen molar-refractivity contribution in [3.8, 4) is 5.69 Å². The average Bonchev–Trinajstić information content (AvgIpc) is 3.01. The van der Waals surface area contributed by atoms with E-state index in [9.17, 15) is 4.79 Å². The predicted octanol–water partition coefficient (Wildman–Crippen LogP) is 1.05. The Bertz CT molecular complexity index is 604. The average molecular weight is 272 g/mol. The molecule has 0 unspecified atom stereocenters. The van der Waals surface area contributed by atoms with E-state index in [1.54, 1.807) is 12.4 Å². The lowest BCUT2D eigenvalue weighted by atomic mass is 10.1. The number of hydrogen-bond acceptors (Lipinski definition) is 4. The monoisotopic (exact) mass is 272 g/mol. The van der Waals surface area contributed by atoms with Gasteiger partial charge in [0.25, 0.3) is 5.91 Å². The third-order valence-electron chi connectivity index (χ3n) is 3.31. The van der Waals surface area contributed by atoms with Crippen LogP contribution in [0.4, 0.5) is 0 Å². The molecule has 1 aromatic carbocycles. The number of benzene rings is 1. The van der Waals surface area contributed by atoms with Crippen molar-refractivity contribution < 1.29 is 9.53 Å². The molecule has 1 aliphatic heterocycles. The summed E-state index contributed by atoms with van der Waals surface area (Å²) in [5.41, 5.74) is 2.37. The maximum absolute atomic E-state index is 12.7. The Labute approximate surface area is 117 Å². The van der Waals surface area contributed by atoms with Gasteiger partial charge < -0.3 is 9.64 Å². The molecule has 2 aromatic rings. The molecule has 0 saturated carbocycles.